The van der Waals surface area contributed by atoms with E-state index in [2.05, 4.69) is 24.6 Å². The lowest BCUT2D eigenvalue weighted by atomic mass is 9.91. The van der Waals surface area contributed by atoms with Crippen LogP contribution in [-0.2, 0) is 10.0 Å². The van der Waals surface area contributed by atoms with Crippen molar-refractivity contribution in [2.75, 3.05) is 6.61 Å². The molecular weight excluding hydrogens is 478 g/mol. The Labute approximate surface area is 193 Å². The summed E-state index contributed by atoms with van der Waals surface area (Å²) < 4.78 is 86.3. The molecule has 13 heteroatoms. The highest BCUT2D eigenvalue weighted by Gasteiger charge is 2.29. The molecule has 1 aromatic carbocycles. The van der Waals surface area contributed by atoms with E-state index >= 15 is 0 Å². The summed E-state index contributed by atoms with van der Waals surface area (Å²) in [6, 6.07) is 5.76. The highest BCUT2D eigenvalue weighted by molar-refractivity contribution is 7.89. The average Bonchev–Trinajstić information content (AvgIpc) is 3.33. The van der Waals surface area contributed by atoms with Crippen LogP contribution in [0.15, 0.2) is 54.1 Å². The van der Waals surface area contributed by atoms with Gasteiger partial charge in [0.2, 0.25) is 15.9 Å². The number of rotatable bonds is 7. The fraction of sp³-hybridized carbons (Fsp3) is 0.381. The molecule has 0 aliphatic heterocycles. The van der Waals surface area contributed by atoms with Gasteiger partial charge in [0.1, 0.15) is 18.5 Å². The van der Waals surface area contributed by atoms with Crippen molar-refractivity contribution in [2.24, 2.45) is 0 Å². The summed E-state index contributed by atoms with van der Waals surface area (Å²) in [5, 5.41) is 7.57. The van der Waals surface area contributed by atoms with E-state index in [1.807, 2.05) is 4.57 Å². The molecule has 0 radical (unpaired) electrons. The van der Waals surface area contributed by atoms with Crippen molar-refractivity contribution in [1.82, 2.24) is 24.5 Å². The highest BCUT2D eigenvalue weighted by atomic mass is 32.2. The van der Waals surface area contributed by atoms with Crippen molar-refractivity contribution in [3.05, 3.63) is 55.0 Å². The molecule has 8 nitrogen and oxygen atoms in total. The topological polar surface area (TPSA) is 99.0 Å². The van der Waals surface area contributed by atoms with Crippen LogP contribution < -0.4 is 9.46 Å². The normalized spacial score (nSPS) is 19.2. The molecule has 1 saturated carbocycles. The minimum atomic E-state index is -4.50. The van der Waals surface area contributed by atoms with Gasteiger partial charge >= 0.3 is 6.18 Å². The van der Waals surface area contributed by atoms with E-state index in [-0.39, 0.29) is 34.0 Å². The first kappa shape index (κ1) is 24.1. The second kappa shape index (κ2) is 9.66. The van der Waals surface area contributed by atoms with E-state index in [9.17, 15) is 26.0 Å². The Morgan fingerprint density at radius 1 is 1.12 bits per heavy atom. The van der Waals surface area contributed by atoms with E-state index in [0.29, 0.717) is 12.8 Å². The maximum atomic E-state index is 14.8. The third-order valence-electron chi connectivity index (χ3n) is 5.51. The molecule has 2 unspecified atom stereocenters. The Morgan fingerprint density at radius 3 is 2.53 bits per heavy atom. The molecule has 3 aromatic rings. The van der Waals surface area contributed by atoms with Crippen molar-refractivity contribution in [1.29, 1.82) is 0 Å². The fourth-order valence-electron chi connectivity index (χ4n) is 3.90. The molecule has 2 atom stereocenters. The van der Waals surface area contributed by atoms with Crippen molar-refractivity contribution in [3.8, 4) is 17.0 Å². The van der Waals surface area contributed by atoms with Crippen LogP contribution in [0, 0.1) is 5.82 Å². The van der Waals surface area contributed by atoms with Crippen LogP contribution in [0.5, 0.6) is 5.88 Å². The number of aromatic nitrogens is 4. The molecule has 2 aromatic heterocycles. The summed E-state index contributed by atoms with van der Waals surface area (Å²) in [4.78, 5) is 3.52. The van der Waals surface area contributed by atoms with Gasteiger partial charge < -0.3 is 9.30 Å². The average molecular weight is 499 g/mol. The van der Waals surface area contributed by atoms with Crippen LogP contribution in [0.4, 0.5) is 17.6 Å². The lowest BCUT2D eigenvalue weighted by Crippen LogP contribution is -2.38. The summed E-state index contributed by atoms with van der Waals surface area (Å²) in [5.41, 5.74) is 0.317. The third-order valence-corrected chi connectivity index (χ3v) is 7.03. The molecule has 4 rings (SSSR count). The zero-order valence-corrected chi connectivity index (χ0v) is 18.6. The monoisotopic (exact) mass is 499 g/mol. The molecule has 1 aliphatic carbocycles. The van der Waals surface area contributed by atoms with Crippen molar-refractivity contribution in [3.63, 3.8) is 0 Å². The second-order valence-electron chi connectivity index (χ2n) is 7.98. The maximum absolute atomic E-state index is 14.8. The SMILES string of the molecule is O=S(=O)(NC1CCCC(n2cnnc2)C1)c1ccc(-c2ccc(OCC(F)(F)F)nc2)c(F)c1. The van der Waals surface area contributed by atoms with Crippen LogP contribution >= 0.6 is 0 Å². The van der Waals surface area contributed by atoms with E-state index < -0.39 is 28.6 Å². The predicted molar refractivity (Wildman–Crippen MR) is 113 cm³/mol. The Hall–Kier alpha value is -3.06. The summed E-state index contributed by atoms with van der Waals surface area (Å²) in [6.45, 7) is -1.49. The van der Waals surface area contributed by atoms with E-state index in [0.717, 1.165) is 25.1 Å². The summed E-state index contributed by atoms with van der Waals surface area (Å²) in [5.74, 6) is -1.07. The van der Waals surface area contributed by atoms with Gasteiger partial charge in [-0.25, -0.2) is 22.5 Å². The molecular formula is C21H21F4N5O3S. The fourth-order valence-corrected chi connectivity index (χ4v) is 5.20. The molecule has 0 spiro atoms. The summed E-state index contributed by atoms with van der Waals surface area (Å²) >= 11 is 0. The number of hydrogen-bond acceptors (Lipinski definition) is 6. The number of ether oxygens (including phenoxy) is 1. The largest absolute Gasteiger partial charge is 0.468 e. The molecule has 34 heavy (non-hydrogen) atoms. The number of benzene rings is 1. The Balaban J connectivity index is 1.44. The third kappa shape index (κ3) is 5.89. The first-order valence-electron chi connectivity index (χ1n) is 10.4. The van der Waals surface area contributed by atoms with Gasteiger partial charge in [-0.3, -0.25) is 0 Å². The van der Waals surface area contributed by atoms with Gasteiger partial charge in [-0.05, 0) is 43.9 Å². The molecule has 1 aliphatic rings. The first-order chi connectivity index (χ1) is 16.1. The van der Waals surface area contributed by atoms with E-state index in [4.69, 9.17) is 0 Å². The number of sulfonamides is 1. The maximum Gasteiger partial charge on any atom is 0.422 e. The minimum Gasteiger partial charge on any atom is -0.468 e. The molecule has 0 amide bonds. The predicted octanol–water partition coefficient (Wildman–Crippen LogP) is 3.88. The zero-order chi connectivity index (χ0) is 24.3. The minimum absolute atomic E-state index is 0.0548. The number of hydrogen-bond donors (Lipinski definition) is 1. The number of alkyl halides is 3. The number of pyridine rings is 1. The van der Waals surface area contributed by atoms with Gasteiger partial charge in [0.05, 0.1) is 4.90 Å². The van der Waals surface area contributed by atoms with Crippen molar-refractivity contribution < 1.29 is 30.7 Å². The van der Waals surface area contributed by atoms with E-state index in [1.165, 1.54) is 24.3 Å². The second-order valence-corrected chi connectivity index (χ2v) is 9.69. The van der Waals surface area contributed by atoms with Crippen molar-refractivity contribution >= 4 is 10.0 Å². The number of halogens is 4. The van der Waals surface area contributed by atoms with Crippen LogP contribution in [0.3, 0.4) is 0 Å². The number of nitrogens with zero attached hydrogens (tertiary/aromatic N) is 4. The lowest BCUT2D eigenvalue weighted by molar-refractivity contribution is -0.154. The van der Waals surface area contributed by atoms with Crippen LogP contribution in [0.2, 0.25) is 0 Å². The van der Waals surface area contributed by atoms with Crippen LogP contribution in [-0.4, -0.2) is 47.0 Å². The molecule has 1 N–H and O–H groups in total. The van der Waals surface area contributed by atoms with Crippen molar-refractivity contribution in [2.45, 2.75) is 48.8 Å². The smallest absolute Gasteiger partial charge is 0.422 e. The number of nitrogens with one attached hydrogen (secondary N) is 1. The van der Waals surface area contributed by atoms with Gasteiger partial charge in [0.15, 0.2) is 6.61 Å². The standard InChI is InChI=1S/C21H21F4N5O3S/c22-19-9-17(5-6-18(19)14-4-7-20(26-10-14)33-11-21(23,24)25)34(31,32)29-15-2-1-3-16(8-15)30-12-27-28-13-30/h4-7,9-10,12-13,15-16,29H,1-3,8,11H2. The highest BCUT2D eigenvalue weighted by Crippen LogP contribution is 2.30. The molecule has 0 saturated heterocycles. The Kier molecular flexibility index (Phi) is 6.84. The van der Waals surface area contributed by atoms with Gasteiger partial charge in [-0.1, -0.05) is 6.07 Å². The summed E-state index contributed by atoms with van der Waals surface area (Å²) in [6.07, 6.45) is 2.77. The van der Waals surface area contributed by atoms with Gasteiger partial charge in [0.25, 0.3) is 0 Å². The zero-order valence-electron chi connectivity index (χ0n) is 17.7. The van der Waals surface area contributed by atoms with Gasteiger partial charge in [-0.15, -0.1) is 10.2 Å². The first-order valence-corrected chi connectivity index (χ1v) is 11.9. The Bertz CT molecular complexity index is 1220. The van der Waals surface area contributed by atoms with Gasteiger partial charge in [-0.2, -0.15) is 13.2 Å². The molecule has 0 bridgehead atoms. The quantitative estimate of drug-likeness (QED) is 0.496. The van der Waals surface area contributed by atoms with Crippen LogP contribution in [0.25, 0.3) is 11.1 Å². The molecule has 1 fully saturated rings. The lowest BCUT2D eigenvalue weighted by Gasteiger charge is -2.30. The van der Waals surface area contributed by atoms with Gasteiger partial charge in [0, 0.05) is 35.5 Å². The summed E-state index contributed by atoms with van der Waals surface area (Å²) in [7, 11) is -3.97. The van der Waals surface area contributed by atoms with Crippen LogP contribution in [0.1, 0.15) is 31.7 Å². The molecule has 182 valence electrons. The molecule has 2 heterocycles. The Morgan fingerprint density at radius 2 is 1.88 bits per heavy atom. The van der Waals surface area contributed by atoms with E-state index in [1.54, 1.807) is 12.7 Å².